The summed E-state index contributed by atoms with van der Waals surface area (Å²) in [6.45, 7) is 9.69. The lowest BCUT2D eigenvalue weighted by atomic mass is 9.93. The van der Waals surface area contributed by atoms with Crippen molar-refractivity contribution in [1.82, 2.24) is 24.9 Å². The van der Waals surface area contributed by atoms with Crippen molar-refractivity contribution in [3.8, 4) is 0 Å². The summed E-state index contributed by atoms with van der Waals surface area (Å²) in [5.41, 5.74) is 2.40. The molecule has 0 saturated carbocycles. The van der Waals surface area contributed by atoms with Gasteiger partial charge in [0, 0.05) is 35.6 Å². The second-order valence-corrected chi connectivity index (χ2v) is 9.44. The summed E-state index contributed by atoms with van der Waals surface area (Å²) in [4.78, 5) is 7.35. The number of nitrogens with zero attached hydrogens (tertiary/aromatic N) is 5. The van der Waals surface area contributed by atoms with Crippen LogP contribution in [0.4, 0.5) is 0 Å². The van der Waals surface area contributed by atoms with Gasteiger partial charge in [-0.25, -0.2) is 9.67 Å². The third kappa shape index (κ3) is 3.02. The standard InChI is InChI=1S/C18H27N5S/c1-12-19-13(11-24-12)9-22-14-5-6-15(22)8-16(7-14)23-10-17(20-21-23)18(2,3)4/h10-11,14-16H,5-9H2,1-4H3. The average molecular weight is 346 g/mol. The van der Waals surface area contributed by atoms with E-state index in [-0.39, 0.29) is 5.41 Å². The molecule has 0 aliphatic carbocycles. The molecule has 2 bridgehead atoms. The topological polar surface area (TPSA) is 46.8 Å². The van der Waals surface area contributed by atoms with Crippen LogP contribution in [0.3, 0.4) is 0 Å². The Morgan fingerprint density at radius 1 is 1.17 bits per heavy atom. The van der Waals surface area contributed by atoms with Crippen molar-refractivity contribution in [2.24, 2.45) is 0 Å². The van der Waals surface area contributed by atoms with E-state index < -0.39 is 0 Å². The highest BCUT2D eigenvalue weighted by molar-refractivity contribution is 7.09. The van der Waals surface area contributed by atoms with Crippen LogP contribution in [0.25, 0.3) is 0 Å². The minimum atomic E-state index is 0.0699. The zero-order valence-electron chi connectivity index (χ0n) is 15.1. The molecule has 0 amide bonds. The smallest absolute Gasteiger partial charge is 0.0897 e. The first kappa shape index (κ1) is 16.2. The van der Waals surface area contributed by atoms with Gasteiger partial charge in [0.2, 0.25) is 0 Å². The Bertz CT molecular complexity index is 699. The summed E-state index contributed by atoms with van der Waals surface area (Å²) >= 11 is 1.76. The first-order chi connectivity index (χ1) is 11.4. The fourth-order valence-corrected chi connectivity index (χ4v) is 4.79. The number of aromatic nitrogens is 4. The molecule has 0 spiro atoms. The number of aryl methyl sites for hydroxylation is 1. The van der Waals surface area contributed by atoms with E-state index in [9.17, 15) is 0 Å². The van der Waals surface area contributed by atoms with Crippen LogP contribution in [0.15, 0.2) is 11.6 Å². The fourth-order valence-electron chi connectivity index (χ4n) is 4.19. The highest BCUT2D eigenvalue weighted by Gasteiger charge is 2.41. The molecule has 5 nitrogen and oxygen atoms in total. The minimum Gasteiger partial charge on any atom is -0.291 e. The number of fused-ring (bicyclic) bond motifs is 2. The van der Waals surface area contributed by atoms with Crippen LogP contribution >= 0.6 is 11.3 Å². The predicted molar refractivity (Wildman–Crippen MR) is 96.2 cm³/mol. The van der Waals surface area contributed by atoms with E-state index in [2.05, 4.69) is 64.1 Å². The number of thiazole rings is 1. The van der Waals surface area contributed by atoms with Crippen LogP contribution in [0.1, 0.15) is 68.9 Å². The quantitative estimate of drug-likeness (QED) is 0.851. The normalized spacial score (nSPS) is 27.8. The molecule has 24 heavy (non-hydrogen) atoms. The Morgan fingerprint density at radius 3 is 2.42 bits per heavy atom. The van der Waals surface area contributed by atoms with Gasteiger partial charge in [-0.2, -0.15) is 0 Å². The van der Waals surface area contributed by atoms with E-state index in [1.54, 1.807) is 11.3 Å². The van der Waals surface area contributed by atoms with Gasteiger partial charge in [-0.3, -0.25) is 4.90 Å². The maximum Gasteiger partial charge on any atom is 0.0897 e. The first-order valence-corrected chi connectivity index (χ1v) is 9.87. The van der Waals surface area contributed by atoms with Crippen molar-refractivity contribution in [3.05, 3.63) is 28.0 Å². The number of rotatable bonds is 3. The first-order valence-electron chi connectivity index (χ1n) is 8.99. The van der Waals surface area contributed by atoms with Crippen molar-refractivity contribution in [2.45, 2.75) is 83.5 Å². The summed E-state index contributed by atoms with van der Waals surface area (Å²) < 4.78 is 2.14. The molecule has 2 fully saturated rings. The summed E-state index contributed by atoms with van der Waals surface area (Å²) in [6, 6.07) is 1.83. The molecule has 4 rings (SSSR count). The zero-order valence-corrected chi connectivity index (χ0v) is 15.9. The maximum absolute atomic E-state index is 4.66. The molecule has 0 radical (unpaired) electrons. The summed E-state index contributed by atoms with van der Waals surface area (Å²) in [6.07, 6.45) is 7.17. The van der Waals surface area contributed by atoms with E-state index >= 15 is 0 Å². The van der Waals surface area contributed by atoms with Crippen molar-refractivity contribution in [3.63, 3.8) is 0 Å². The van der Waals surface area contributed by atoms with Gasteiger partial charge < -0.3 is 0 Å². The molecular formula is C18H27N5S. The van der Waals surface area contributed by atoms with Gasteiger partial charge in [-0.15, -0.1) is 16.4 Å². The zero-order chi connectivity index (χ0) is 16.9. The number of piperidine rings is 1. The van der Waals surface area contributed by atoms with Gasteiger partial charge >= 0.3 is 0 Å². The molecule has 4 heterocycles. The Hall–Kier alpha value is -1.27. The van der Waals surface area contributed by atoms with Crippen molar-refractivity contribution < 1.29 is 0 Å². The summed E-state index contributed by atoms with van der Waals surface area (Å²) in [5.74, 6) is 0. The highest BCUT2D eigenvalue weighted by Crippen LogP contribution is 2.41. The Morgan fingerprint density at radius 2 is 1.88 bits per heavy atom. The number of hydrogen-bond acceptors (Lipinski definition) is 5. The Balaban J connectivity index is 1.47. The van der Waals surface area contributed by atoms with Gasteiger partial charge in [0.05, 0.1) is 22.4 Å². The molecule has 2 atom stereocenters. The largest absolute Gasteiger partial charge is 0.291 e. The van der Waals surface area contributed by atoms with Crippen LogP contribution in [0, 0.1) is 6.92 Å². The predicted octanol–water partition coefficient (Wildman–Crippen LogP) is 3.71. The molecule has 2 saturated heterocycles. The fraction of sp³-hybridized carbons (Fsp3) is 0.722. The van der Waals surface area contributed by atoms with Gasteiger partial charge in [0.1, 0.15) is 0 Å². The molecule has 2 aromatic rings. The third-order valence-electron chi connectivity index (χ3n) is 5.52. The van der Waals surface area contributed by atoms with E-state index in [4.69, 9.17) is 0 Å². The third-order valence-corrected chi connectivity index (χ3v) is 6.35. The van der Waals surface area contributed by atoms with Crippen LogP contribution in [0.2, 0.25) is 0 Å². The SMILES string of the molecule is Cc1nc(CN2C3CCC2CC(n2cc(C(C)(C)C)nn2)C3)cs1. The average Bonchev–Trinajstić information content (AvgIpc) is 3.19. The van der Waals surface area contributed by atoms with Crippen LogP contribution in [0.5, 0.6) is 0 Å². The van der Waals surface area contributed by atoms with Crippen molar-refractivity contribution >= 4 is 11.3 Å². The molecule has 0 N–H and O–H groups in total. The van der Waals surface area contributed by atoms with Crippen LogP contribution in [-0.2, 0) is 12.0 Å². The van der Waals surface area contributed by atoms with Gasteiger partial charge in [0.15, 0.2) is 0 Å². The van der Waals surface area contributed by atoms with E-state index in [1.807, 2.05) is 0 Å². The van der Waals surface area contributed by atoms with Crippen LogP contribution in [-0.4, -0.2) is 37.0 Å². The molecule has 2 aromatic heterocycles. The monoisotopic (exact) mass is 345 g/mol. The second-order valence-electron chi connectivity index (χ2n) is 8.37. The van der Waals surface area contributed by atoms with Crippen LogP contribution < -0.4 is 0 Å². The molecule has 6 heteroatoms. The van der Waals surface area contributed by atoms with E-state index in [0.29, 0.717) is 18.1 Å². The lowest BCUT2D eigenvalue weighted by molar-refractivity contribution is 0.0933. The van der Waals surface area contributed by atoms with Gasteiger partial charge in [-0.1, -0.05) is 26.0 Å². The van der Waals surface area contributed by atoms with E-state index in [1.165, 1.54) is 36.4 Å². The highest BCUT2D eigenvalue weighted by atomic mass is 32.1. The van der Waals surface area contributed by atoms with Gasteiger partial charge in [-0.05, 0) is 32.6 Å². The number of hydrogen-bond donors (Lipinski definition) is 0. The molecule has 2 unspecified atom stereocenters. The Labute approximate surface area is 148 Å². The maximum atomic E-state index is 4.66. The molecule has 2 aliphatic rings. The van der Waals surface area contributed by atoms with E-state index in [0.717, 1.165) is 12.2 Å². The lowest BCUT2D eigenvalue weighted by Gasteiger charge is -2.38. The molecular weight excluding hydrogens is 318 g/mol. The van der Waals surface area contributed by atoms with Gasteiger partial charge in [0.25, 0.3) is 0 Å². The minimum absolute atomic E-state index is 0.0699. The lowest BCUT2D eigenvalue weighted by Crippen LogP contribution is -2.43. The van der Waals surface area contributed by atoms with Crippen molar-refractivity contribution in [2.75, 3.05) is 0 Å². The molecule has 0 aromatic carbocycles. The molecule has 2 aliphatic heterocycles. The summed E-state index contributed by atoms with van der Waals surface area (Å²) in [5, 5.41) is 12.3. The van der Waals surface area contributed by atoms with Crippen molar-refractivity contribution in [1.29, 1.82) is 0 Å². The molecule has 130 valence electrons. The second kappa shape index (κ2) is 5.92. The summed E-state index contributed by atoms with van der Waals surface area (Å²) in [7, 11) is 0. The Kier molecular flexibility index (Phi) is 4.00.